The molecule has 0 radical (unpaired) electrons. The lowest BCUT2D eigenvalue weighted by Gasteiger charge is -2.10. The van der Waals surface area contributed by atoms with E-state index in [1.165, 1.54) is 19.4 Å². The Morgan fingerprint density at radius 2 is 1.61 bits per heavy atom. The van der Waals surface area contributed by atoms with E-state index in [0.717, 1.165) is 5.75 Å². The molecule has 0 spiro atoms. The number of aromatic hydroxyl groups is 1. The average Bonchev–Trinajstić information content (AvgIpc) is 2.73. The zero-order valence-corrected chi connectivity index (χ0v) is 15.3. The van der Waals surface area contributed by atoms with Gasteiger partial charge in [-0.2, -0.15) is 0 Å². The van der Waals surface area contributed by atoms with Crippen LogP contribution in [0.1, 0.15) is 10.5 Å². The number of nitrogens with one attached hydrogen (secondary N) is 1. The highest BCUT2D eigenvalue weighted by molar-refractivity contribution is 6.05. The molecule has 0 fully saturated rings. The van der Waals surface area contributed by atoms with Crippen molar-refractivity contribution >= 4 is 11.6 Å². The van der Waals surface area contributed by atoms with Crippen molar-refractivity contribution in [3.8, 4) is 23.0 Å². The van der Waals surface area contributed by atoms with E-state index in [0.29, 0.717) is 24.7 Å². The molecule has 0 saturated heterocycles. The Kier molecular flexibility index (Phi) is 6.30. The first-order valence-electron chi connectivity index (χ1n) is 8.61. The standard InChI is InChI=1S/C21H20N2O5/c1-26-18-11-12-22-19(20(18)24)21(25)23-15-7-9-17(10-8-15)28-14-13-27-16-5-3-2-4-6-16/h2-12,24H,13-14H2,1H3,(H,23,25). The van der Waals surface area contributed by atoms with Gasteiger partial charge in [0.2, 0.25) is 0 Å². The van der Waals surface area contributed by atoms with Gasteiger partial charge in [0.05, 0.1) is 7.11 Å². The lowest BCUT2D eigenvalue weighted by molar-refractivity contribution is 0.101. The summed E-state index contributed by atoms with van der Waals surface area (Å²) < 4.78 is 16.2. The minimum Gasteiger partial charge on any atom is -0.503 e. The first-order valence-corrected chi connectivity index (χ1v) is 8.61. The Bertz CT molecular complexity index is 914. The molecule has 3 aromatic rings. The highest BCUT2D eigenvalue weighted by atomic mass is 16.5. The summed E-state index contributed by atoms with van der Waals surface area (Å²) in [4.78, 5) is 16.2. The molecular formula is C21H20N2O5. The lowest BCUT2D eigenvalue weighted by Crippen LogP contribution is -2.14. The third-order valence-electron chi connectivity index (χ3n) is 3.80. The Morgan fingerprint density at radius 3 is 2.25 bits per heavy atom. The molecule has 0 bridgehead atoms. The molecule has 3 rings (SSSR count). The maximum atomic E-state index is 12.3. The molecule has 2 N–H and O–H groups in total. The number of nitrogens with zero attached hydrogens (tertiary/aromatic N) is 1. The molecule has 1 heterocycles. The SMILES string of the molecule is COc1ccnc(C(=O)Nc2ccc(OCCOc3ccccc3)cc2)c1O. The van der Waals surface area contributed by atoms with E-state index in [9.17, 15) is 9.90 Å². The van der Waals surface area contributed by atoms with Crippen molar-refractivity contribution in [2.24, 2.45) is 0 Å². The van der Waals surface area contributed by atoms with Crippen molar-refractivity contribution in [2.45, 2.75) is 0 Å². The summed E-state index contributed by atoms with van der Waals surface area (Å²) in [6.07, 6.45) is 1.39. The van der Waals surface area contributed by atoms with Crippen LogP contribution in [-0.4, -0.2) is 36.3 Å². The number of ether oxygens (including phenoxy) is 3. The quantitative estimate of drug-likeness (QED) is 0.581. The summed E-state index contributed by atoms with van der Waals surface area (Å²) in [5.74, 6) is 0.777. The maximum absolute atomic E-state index is 12.3. The molecule has 1 aromatic heterocycles. The molecule has 28 heavy (non-hydrogen) atoms. The number of aromatic nitrogens is 1. The molecular weight excluding hydrogens is 360 g/mol. The van der Waals surface area contributed by atoms with Gasteiger partial charge >= 0.3 is 0 Å². The van der Waals surface area contributed by atoms with Gasteiger partial charge in [0, 0.05) is 18.0 Å². The van der Waals surface area contributed by atoms with Crippen molar-refractivity contribution in [3.05, 3.63) is 72.6 Å². The van der Waals surface area contributed by atoms with Crippen LogP contribution in [-0.2, 0) is 0 Å². The van der Waals surface area contributed by atoms with Crippen LogP contribution < -0.4 is 19.5 Å². The molecule has 7 heteroatoms. The fraction of sp³-hybridized carbons (Fsp3) is 0.143. The van der Waals surface area contributed by atoms with E-state index in [1.807, 2.05) is 30.3 Å². The van der Waals surface area contributed by atoms with Crippen molar-refractivity contribution < 1.29 is 24.1 Å². The third kappa shape index (κ3) is 4.91. The molecule has 0 aliphatic carbocycles. The van der Waals surface area contributed by atoms with Crippen LogP contribution in [0.25, 0.3) is 0 Å². The van der Waals surface area contributed by atoms with E-state index in [4.69, 9.17) is 14.2 Å². The molecule has 0 atom stereocenters. The van der Waals surface area contributed by atoms with E-state index in [2.05, 4.69) is 10.3 Å². The first kappa shape index (κ1) is 19.0. The van der Waals surface area contributed by atoms with E-state index in [1.54, 1.807) is 24.3 Å². The van der Waals surface area contributed by atoms with Crippen LogP contribution in [0.4, 0.5) is 5.69 Å². The second kappa shape index (κ2) is 9.27. The highest BCUT2D eigenvalue weighted by Crippen LogP contribution is 2.28. The normalized spacial score (nSPS) is 10.2. The van der Waals surface area contributed by atoms with Crippen LogP contribution in [0.2, 0.25) is 0 Å². The smallest absolute Gasteiger partial charge is 0.278 e. The van der Waals surface area contributed by atoms with Crippen LogP contribution in [0, 0.1) is 0 Å². The Balaban J connectivity index is 1.51. The summed E-state index contributed by atoms with van der Waals surface area (Å²) >= 11 is 0. The zero-order valence-electron chi connectivity index (χ0n) is 15.3. The molecule has 0 aliphatic heterocycles. The minimum absolute atomic E-state index is 0.113. The van der Waals surface area contributed by atoms with Gasteiger partial charge in [-0.15, -0.1) is 0 Å². The van der Waals surface area contributed by atoms with Gasteiger partial charge in [-0.3, -0.25) is 4.79 Å². The molecule has 0 aliphatic rings. The monoisotopic (exact) mass is 380 g/mol. The number of carbonyl (C=O) groups excluding carboxylic acids is 1. The molecule has 0 unspecified atom stereocenters. The van der Waals surface area contributed by atoms with Crippen LogP contribution in [0.3, 0.4) is 0 Å². The van der Waals surface area contributed by atoms with Gasteiger partial charge in [0.15, 0.2) is 17.2 Å². The summed E-state index contributed by atoms with van der Waals surface area (Å²) in [5, 5.41) is 12.7. The number of pyridine rings is 1. The maximum Gasteiger partial charge on any atom is 0.278 e. The molecule has 2 aromatic carbocycles. The number of methoxy groups -OCH3 is 1. The largest absolute Gasteiger partial charge is 0.503 e. The molecule has 0 saturated carbocycles. The fourth-order valence-electron chi connectivity index (χ4n) is 2.43. The number of hydrogen-bond donors (Lipinski definition) is 2. The Morgan fingerprint density at radius 1 is 0.964 bits per heavy atom. The van der Waals surface area contributed by atoms with Crippen molar-refractivity contribution in [2.75, 3.05) is 25.6 Å². The molecule has 1 amide bonds. The highest BCUT2D eigenvalue weighted by Gasteiger charge is 2.16. The summed E-state index contributed by atoms with van der Waals surface area (Å²) in [7, 11) is 1.40. The second-order valence-electron chi connectivity index (χ2n) is 5.70. The number of carbonyl (C=O) groups is 1. The first-order chi connectivity index (χ1) is 13.7. The number of hydrogen-bond acceptors (Lipinski definition) is 6. The van der Waals surface area contributed by atoms with Gasteiger partial charge < -0.3 is 24.6 Å². The van der Waals surface area contributed by atoms with Crippen molar-refractivity contribution in [3.63, 3.8) is 0 Å². The van der Waals surface area contributed by atoms with Gasteiger partial charge in [-0.25, -0.2) is 4.98 Å². The topological polar surface area (TPSA) is 89.9 Å². The number of anilines is 1. The summed E-state index contributed by atoms with van der Waals surface area (Å²) in [6.45, 7) is 0.811. The minimum atomic E-state index is -0.540. The van der Waals surface area contributed by atoms with Crippen molar-refractivity contribution in [1.29, 1.82) is 0 Å². The molecule has 144 valence electrons. The van der Waals surface area contributed by atoms with Gasteiger partial charge in [0.1, 0.15) is 24.7 Å². The second-order valence-corrected chi connectivity index (χ2v) is 5.70. The van der Waals surface area contributed by atoms with Gasteiger partial charge in [0.25, 0.3) is 5.91 Å². The van der Waals surface area contributed by atoms with E-state index >= 15 is 0 Å². The number of amides is 1. The van der Waals surface area contributed by atoms with Crippen LogP contribution >= 0.6 is 0 Å². The number of para-hydroxylation sites is 1. The fourth-order valence-corrected chi connectivity index (χ4v) is 2.43. The van der Waals surface area contributed by atoms with E-state index < -0.39 is 5.91 Å². The number of benzene rings is 2. The van der Waals surface area contributed by atoms with Crippen LogP contribution in [0.5, 0.6) is 23.0 Å². The van der Waals surface area contributed by atoms with Gasteiger partial charge in [-0.1, -0.05) is 18.2 Å². The Hall–Kier alpha value is -3.74. The number of rotatable bonds is 8. The van der Waals surface area contributed by atoms with Gasteiger partial charge in [-0.05, 0) is 36.4 Å². The predicted molar refractivity (Wildman–Crippen MR) is 104 cm³/mol. The predicted octanol–water partition coefficient (Wildman–Crippen LogP) is 3.51. The van der Waals surface area contributed by atoms with E-state index in [-0.39, 0.29) is 17.2 Å². The third-order valence-corrected chi connectivity index (χ3v) is 3.80. The lowest BCUT2D eigenvalue weighted by atomic mass is 10.2. The average molecular weight is 380 g/mol. The Labute approximate surface area is 162 Å². The van der Waals surface area contributed by atoms with Crippen molar-refractivity contribution in [1.82, 2.24) is 4.98 Å². The summed E-state index contributed by atoms with van der Waals surface area (Å²) in [6, 6.07) is 17.8. The summed E-state index contributed by atoms with van der Waals surface area (Å²) in [5.41, 5.74) is 0.430. The van der Waals surface area contributed by atoms with Crippen LogP contribution in [0.15, 0.2) is 66.9 Å². The zero-order chi connectivity index (χ0) is 19.8. The molecule has 7 nitrogen and oxygen atoms in total.